The predicted molar refractivity (Wildman–Crippen MR) is 166 cm³/mol. The third-order valence-electron chi connectivity index (χ3n) is 9.83. The number of carbonyl (C=O) groups is 1. The lowest BCUT2D eigenvalue weighted by atomic mass is 9.64. The first-order valence-electron chi connectivity index (χ1n) is 15.1. The van der Waals surface area contributed by atoms with E-state index < -0.39 is 26.8 Å². The lowest BCUT2D eigenvalue weighted by Crippen LogP contribution is -2.50. The molecule has 1 aromatic rings. The Hall–Kier alpha value is -2.55. The van der Waals surface area contributed by atoms with Crippen LogP contribution in [0.5, 0.6) is 0 Å². The van der Waals surface area contributed by atoms with Crippen LogP contribution in [0.1, 0.15) is 70.4 Å². The van der Waals surface area contributed by atoms with E-state index in [1.54, 1.807) is 26.0 Å². The number of aliphatic hydroxyl groups is 1. The molecular formula is C33H43ClN2O5S. The second kappa shape index (κ2) is 11.9. The number of rotatable bonds is 0. The molecule has 4 aliphatic rings. The van der Waals surface area contributed by atoms with Crippen molar-refractivity contribution in [2.45, 2.75) is 82.0 Å². The van der Waals surface area contributed by atoms with Crippen LogP contribution in [0.15, 0.2) is 66.1 Å². The molecular weight excluding hydrogens is 572 g/mol. The summed E-state index contributed by atoms with van der Waals surface area (Å²) in [6, 6.07) is 6.11. The van der Waals surface area contributed by atoms with Gasteiger partial charge in [-0.05, 0) is 107 Å². The number of allylic oxidation sites excluding steroid dienone is 2. The maximum atomic E-state index is 13.3. The zero-order valence-electron chi connectivity index (χ0n) is 24.9. The van der Waals surface area contributed by atoms with Gasteiger partial charge >= 0.3 is 0 Å². The maximum Gasteiger partial charge on any atom is 0.264 e. The van der Waals surface area contributed by atoms with Gasteiger partial charge in [-0.25, -0.2) is 13.1 Å². The fourth-order valence-corrected chi connectivity index (χ4v) is 8.37. The van der Waals surface area contributed by atoms with Crippen molar-refractivity contribution < 1.29 is 23.1 Å². The molecule has 5 atom stereocenters. The zero-order valence-corrected chi connectivity index (χ0v) is 26.4. The number of sulfonamides is 1. The van der Waals surface area contributed by atoms with Gasteiger partial charge in [0.2, 0.25) is 10.0 Å². The van der Waals surface area contributed by atoms with Gasteiger partial charge in [-0.1, -0.05) is 42.5 Å². The number of aryl methyl sites for hydroxylation is 1. The van der Waals surface area contributed by atoms with Crippen molar-refractivity contribution in [3.8, 4) is 0 Å². The molecule has 5 rings (SSSR count). The quantitative estimate of drug-likeness (QED) is 0.294. The van der Waals surface area contributed by atoms with Gasteiger partial charge in [0, 0.05) is 29.1 Å². The fourth-order valence-electron chi connectivity index (χ4n) is 7.15. The number of hydrogen-bond acceptors (Lipinski definition) is 6. The number of ether oxygens (including phenoxy) is 1. The average molecular weight is 615 g/mol. The van der Waals surface area contributed by atoms with Gasteiger partial charge in [0.15, 0.2) is 0 Å². The van der Waals surface area contributed by atoms with E-state index in [-0.39, 0.29) is 22.8 Å². The van der Waals surface area contributed by atoms with Crippen LogP contribution in [0.3, 0.4) is 0 Å². The molecule has 1 saturated heterocycles. The zero-order chi connectivity index (χ0) is 30.3. The van der Waals surface area contributed by atoms with Crippen LogP contribution in [-0.4, -0.2) is 54.9 Å². The third kappa shape index (κ3) is 6.08. The van der Waals surface area contributed by atoms with E-state index in [9.17, 15) is 18.3 Å². The van der Waals surface area contributed by atoms with Crippen molar-refractivity contribution >= 4 is 27.5 Å². The molecule has 0 aromatic heterocycles. The van der Waals surface area contributed by atoms with Crippen LogP contribution >= 0.6 is 11.6 Å². The molecule has 0 bridgehead atoms. The number of amides is 1. The molecule has 7 nitrogen and oxygen atoms in total. The summed E-state index contributed by atoms with van der Waals surface area (Å²) in [5.41, 5.74) is 2.02. The lowest BCUT2D eigenvalue weighted by Gasteiger charge is -2.48. The number of benzene rings is 1. The van der Waals surface area contributed by atoms with Gasteiger partial charge < -0.3 is 14.7 Å². The third-order valence-corrected chi connectivity index (χ3v) is 11.8. The summed E-state index contributed by atoms with van der Waals surface area (Å²) >= 11 is 6.38. The molecule has 0 radical (unpaired) electrons. The number of halogens is 1. The summed E-state index contributed by atoms with van der Waals surface area (Å²) in [6.45, 7) is 11.2. The Bertz CT molecular complexity index is 1450. The van der Waals surface area contributed by atoms with Crippen molar-refractivity contribution in [3.05, 3.63) is 82.3 Å². The van der Waals surface area contributed by atoms with Crippen LogP contribution in [0, 0.1) is 11.8 Å². The van der Waals surface area contributed by atoms with Crippen LogP contribution in [-0.2, 0) is 31.4 Å². The van der Waals surface area contributed by atoms with Gasteiger partial charge in [0.1, 0.15) is 5.76 Å². The molecule has 1 spiro atoms. The van der Waals surface area contributed by atoms with Crippen molar-refractivity contribution in [1.29, 1.82) is 0 Å². The van der Waals surface area contributed by atoms with E-state index in [0.717, 1.165) is 37.1 Å². The second-order valence-electron chi connectivity index (χ2n) is 12.7. The van der Waals surface area contributed by atoms with E-state index in [1.807, 2.05) is 25.1 Å². The summed E-state index contributed by atoms with van der Waals surface area (Å²) in [5, 5.41) is 11.4. The Labute approximate surface area is 255 Å². The lowest BCUT2D eigenvalue weighted by molar-refractivity contribution is -0.115. The van der Waals surface area contributed by atoms with Crippen molar-refractivity contribution in [2.24, 2.45) is 11.8 Å². The van der Waals surface area contributed by atoms with Gasteiger partial charge in [-0.3, -0.25) is 4.79 Å². The summed E-state index contributed by atoms with van der Waals surface area (Å²) in [4.78, 5) is 15.6. The molecule has 9 heteroatoms. The van der Waals surface area contributed by atoms with E-state index in [0.29, 0.717) is 44.0 Å². The number of nitrogens with zero attached hydrogens (tertiary/aromatic N) is 1. The molecule has 2 aliphatic heterocycles. The Morgan fingerprint density at radius 3 is 2.76 bits per heavy atom. The van der Waals surface area contributed by atoms with E-state index >= 15 is 0 Å². The molecule has 1 aromatic carbocycles. The van der Waals surface area contributed by atoms with Gasteiger partial charge in [0.05, 0.1) is 23.2 Å². The van der Waals surface area contributed by atoms with Gasteiger partial charge in [0.25, 0.3) is 5.91 Å². The van der Waals surface area contributed by atoms with Crippen molar-refractivity contribution in [1.82, 2.24) is 9.62 Å². The van der Waals surface area contributed by atoms with Crippen LogP contribution < -0.4 is 4.72 Å². The highest BCUT2D eigenvalue weighted by Crippen LogP contribution is 2.47. The topological polar surface area (TPSA) is 95.9 Å². The van der Waals surface area contributed by atoms with Crippen LogP contribution in [0.2, 0.25) is 5.02 Å². The number of hydrogen-bond donors (Lipinski definition) is 2. The van der Waals surface area contributed by atoms with Gasteiger partial charge in [-0.2, -0.15) is 0 Å². The highest BCUT2D eigenvalue weighted by molar-refractivity contribution is 7.90. The minimum absolute atomic E-state index is 0.0550. The van der Waals surface area contributed by atoms with Crippen molar-refractivity contribution in [2.75, 3.05) is 19.7 Å². The second-order valence-corrected chi connectivity index (χ2v) is 15.3. The highest BCUT2D eigenvalue weighted by atomic mass is 35.5. The van der Waals surface area contributed by atoms with Gasteiger partial charge in [-0.15, -0.1) is 0 Å². The number of carbonyl (C=O) groups excluding carboxylic acids is 1. The minimum atomic E-state index is -3.91. The first-order chi connectivity index (χ1) is 19.8. The molecule has 0 unspecified atom stereocenters. The molecule has 2 N–H and O–H groups in total. The molecule has 2 heterocycles. The molecule has 1 saturated carbocycles. The molecule has 228 valence electrons. The predicted octanol–water partition coefficient (Wildman–Crippen LogP) is 5.55. The number of fused-ring (bicyclic) bond motifs is 4. The SMILES string of the molecule is C=C1OC[C@]2(CCCc3cc(Cl)ccc32)CN2C[C@@H]3CC[C@H]3[C@](C)(O)/C=C/CC[C@H](C)S(=O)(=O)NC(=O)/C(=C/C)C=C12. The average Bonchev–Trinajstić information content (AvgIpc) is 3.03. The smallest absolute Gasteiger partial charge is 0.264 e. The largest absolute Gasteiger partial charge is 0.491 e. The highest BCUT2D eigenvalue weighted by Gasteiger charge is 2.46. The Balaban J connectivity index is 1.60. The Kier molecular flexibility index (Phi) is 8.72. The monoisotopic (exact) mass is 614 g/mol. The molecule has 2 fully saturated rings. The standard InChI is InChI=1S/C33H43ClN2O5S/c1-5-24-18-30-23(3)41-21-33(16-8-10-25-17-27(34)12-14-29(25)33)20-36(30)19-26-11-13-28(26)32(4,38)15-7-6-9-22(2)42(39,40)35-31(24)37/h5,7,12,14-15,17-18,22,26,28,38H,3,6,8-11,13,16,19-21H2,1-2,4H3,(H,35,37)/b15-7+,24-5+,30-18?/t22-,26-,28+,32+,33-/m0/s1. The van der Waals surface area contributed by atoms with Crippen LogP contribution in [0.4, 0.5) is 0 Å². The van der Waals surface area contributed by atoms with Crippen molar-refractivity contribution in [3.63, 3.8) is 0 Å². The van der Waals surface area contributed by atoms with E-state index in [2.05, 4.69) is 28.3 Å². The number of nitrogens with one attached hydrogen (secondary N) is 1. The Morgan fingerprint density at radius 1 is 1.26 bits per heavy atom. The minimum Gasteiger partial charge on any atom is -0.491 e. The maximum absolute atomic E-state index is 13.3. The Morgan fingerprint density at radius 2 is 2.05 bits per heavy atom. The fraction of sp³-hybridized carbons (Fsp3) is 0.545. The normalized spacial score (nSPS) is 35.5. The molecule has 1 amide bonds. The first-order valence-corrected chi connectivity index (χ1v) is 17.0. The van der Waals surface area contributed by atoms with E-state index in [1.165, 1.54) is 11.1 Å². The summed E-state index contributed by atoms with van der Waals surface area (Å²) in [6.07, 6.45) is 12.6. The first kappa shape index (κ1) is 30.9. The summed E-state index contributed by atoms with van der Waals surface area (Å²) in [7, 11) is -3.91. The molecule has 42 heavy (non-hydrogen) atoms. The summed E-state index contributed by atoms with van der Waals surface area (Å²) in [5.74, 6) is 0.0482. The van der Waals surface area contributed by atoms with Crippen LogP contribution in [0.25, 0.3) is 0 Å². The molecule has 2 aliphatic carbocycles. The summed E-state index contributed by atoms with van der Waals surface area (Å²) < 4.78 is 34.7. The van der Waals surface area contributed by atoms with E-state index in [4.69, 9.17) is 16.3 Å².